The van der Waals surface area contributed by atoms with Crippen LogP contribution >= 0.6 is 0 Å². The molecule has 2 atom stereocenters. The number of hydrogen-bond acceptors (Lipinski definition) is 3. The van der Waals surface area contributed by atoms with Crippen molar-refractivity contribution in [1.82, 2.24) is 0 Å². The summed E-state index contributed by atoms with van der Waals surface area (Å²) in [5, 5.41) is 13.1. The summed E-state index contributed by atoms with van der Waals surface area (Å²) in [6, 6.07) is 4.86. The zero-order valence-electron chi connectivity index (χ0n) is 10.7. The van der Waals surface area contributed by atoms with E-state index >= 15 is 0 Å². The number of anilines is 1. The van der Waals surface area contributed by atoms with Crippen molar-refractivity contribution >= 4 is 5.69 Å². The Morgan fingerprint density at radius 1 is 1.39 bits per heavy atom. The van der Waals surface area contributed by atoms with Crippen LogP contribution in [0.15, 0.2) is 18.2 Å². The van der Waals surface area contributed by atoms with Crippen molar-refractivity contribution in [2.24, 2.45) is 0 Å². The van der Waals surface area contributed by atoms with E-state index in [1.807, 2.05) is 6.92 Å². The summed E-state index contributed by atoms with van der Waals surface area (Å²) in [6.07, 6.45) is 3.58. The Hall–Kier alpha value is -1.29. The van der Waals surface area contributed by atoms with Crippen LogP contribution in [0, 0.1) is 5.82 Å². The summed E-state index contributed by atoms with van der Waals surface area (Å²) in [5.74, 6) is -0.0978. The number of nitrogens with one attached hydrogen (secondary N) is 1. The van der Waals surface area contributed by atoms with E-state index in [-0.39, 0.29) is 23.7 Å². The molecule has 2 rings (SSSR count). The second-order valence-electron chi connectivity index (χ2n) is 4.68. The maximum atomic E-state index is 13.7. The fraction of sp³-hybridized carbons (Fsp3) is 0.571. The molecule has 1 saturated carbocycles. The highest BCUT2D eigenvalue weighted by atomic mass is 19.1. The molecular formula is C14H20FNO2. The maximum absolute atomic E-state index is 13.7. The van der Waals surface area contributed by atoms with Crippen LogP contribution in [0.3, 0.4) is 0 Å². The SMILES string of the molecule is CCOc1ccc(N[C@@H]2CCCC[C@H]2O)cc1F. The molecule has 18 heavy (non-hydrogen) atoms. The second-order valence-corrected chi connectivity index (χ2v) is 4.68. The van der Waals surface area contributed by atoms with E-state index in [0.717, 1.165) is 25.7 Å². The first kappa shape index (κ1) is 13.1. The van der Waals surface area contributed by atoms with Gasteiger partial charge >= 0.3 is 0 Å². The molecule has 2 N–H and O–H groups in total. The molecular weight excluding hydrogens is 233 g/mol. The zero-order valence-corrected chi connectivity index (χ0v) is 10.7. The topological polar surface area (TPSA) is 41.5 Å². The van der Waals surface area contributed by atoms with Crippen molar-refractivity contribution in [3.05, 3.63) is 24.0 Å². The largest absolute Gasteiger partial charge is 0.491 e. The highest BCUT2D eigenvalue weighted by Gasteiger charge is 2.22. The van der Waals surface area contributed by atoms with Crippen molar-refractivity contribution in [3.63, 3.8) is 0 Å². The Bertz CT molecular complexity index is 397. The lowest BCUT2D eigenvalue weighted by atomic mass is 9.92. The number of rotatable bonds is 4. The molecule has 0 saturated heterocycles. The Kier molecular flexibility index (Phi) is 4.42. The first-order valence-corrected chi connectivity index (χ1v) is 6.57. The monoisotopic (exact) mass is 253 g/mol. The lowest BCUT2D eigenvalue weighted by Gasteiger charge is -2.29. The third kappa shape index (κ3) is 3.13. The molecule has 0 heterocycles. The number of aliphatic hydroxyl groups excluding tert-OH is 1. The summed E-state index contributed by atoms with van der Waals surface area (Å²) >= 11 is 0. The molecule has 1 aromatic rings. The molecule has 0 amide bonds. The number of hydrogen-bond donors (Lipinski definition) is 2. The smallest absolute Gasteiger partial charge is 0.167 e. The predicted octanol–water partition coefficient (Wildman–Crippen LogP) is 2.94. The molecule has 1 fully saturated rings. The Labute approximate surface area is 107 Å². The van der Waals surface area contributed by atoms with Crippen molar-refractivity contribution in [2.75, 3.05) is 11.9 Å². The summed E-state index contributed by atoms with van der Waals surface area (Å²) in [4.78, 5) is 0. The number of halogens is 1. The molecule has 0 unspecified atom stereocenters. The molecule has 0 aromatic heterocycles. The number of benzene rings is 1. The van der Waals surface area contributed by atoms with E-state index in [1.54, 1.807) is 12.1 Å². The van der Waals surface area contributed by atoms with Gasteiger partial charge < -0.3 is 15.2 Å². The van der Waals surface area contributed by atoms with Crippen molar-refractivity contribution in [2.45, 2.75) is 44.8 Å². The quantitative estimate of drug-likeness (QED) is 0.867. The molecule has 4 heteroatoms. The van der Waals surface area contributed by atoms with Crippen LogP contribution in [-0.4, -0.2) is 23.9 Å². The van der Waals surface area contributed by atoms with Gasteiger partial charge in [0.2, 0.25) is 0 Å². The van der Waals surface area contributed by atoms with Gasteiger partial charge in [-0.2, -0.15) is 0 Å². The van der Waals surface area contributed by atoms with Gasteiger partial charge in [0.1, 0.15) is 0 Å². The van der Waals surface area contributed by atoms with Crippen LogP contribution in [0.5, 0.6) is 5.75 Å². The highest BCUT2D eigenvalue weighted by molar-refractivity contribution is 5.48. The molecule has 0 bridgehead atoms. The predicted molar refractivity (Wildman–Crippen MR) is 69.5 cm³/mol. The lowest BCUT2D eigenvalue weighted by molar-refractivity contribution is 0.116. The molecule has 1 aliphatic carbocycles. The third-order valence-corrected chi connectivity index (χ3v) is 3.31. The third-order valence-electron chi connectivity index (χ3n) is 3.31. The zero-order chi connectivity index (χ0) is 13.0. The molecule has 1 aliphatic rings. The number of aliphatic hydroxyl groups is 1. The molecule has 0 radical (unpaired) electrons. The summed E-state index contributed by atoms with van der Waals surface area (Å²) < 4.78 is 18.8. The van der Waals surface area contributed by atoms with Gasteiger partial charge in [0.15, 0.2) is 11.6 Å². The summed E-state index contributed by atoms with van der Waals surface area (Å²) in [6.45, 7) is 2.27. The van der Waals surface area contributed by atoms with E-state index in [1.165, 1.54) is 6.07 Å². The Balaban J connectivity index is 2.02. The average molecular weight is 253 g/mol. The van der Waals surface area contributed by atoms with Crippen molar-refractivity contribution < 1.29 is 14.2 Å². The maximum Gasteiger partial charge on any atom is 0.167 e. The Morgan fingerprint density at radius 3 is 2.83 bits per heavy atom. The van der Waals surface area contributed by atoms with Gasteiger partial charge in [-0.25, -0.2) is 4.39 Å². The van der Waals surface area contributed by atoms with Crippen LogP contribution in [0.4, 0.5) is 10.1 Å². The Morgan fingerprint density at radius 2 is 2.17 bits per heavy atom. The highest BCUT2D eigenvalue weighted by Crippen LogP contribution is 2.25. The van der Waals surface area contributed by atoms with Gasteiger partial charge in [-0.3, -0.25) is 0 Å². The van der Waals surface area contributed by atoms with Crippen LogP contribution in [-0.2, 0) is 0 Å². The summed E-state index contributed by atoms with van der Waals surface area (Å²) in [7, 11) is 0. The first-order valence-electron chi connectivity index (χ1n) is 6.57. The van der Waals surface area contributed by atoms with Gasteiger partial charge in [-0.1, -0.05) is 12.8 Å². The normalized spacial score (nSPS) is 23.7. The van der Waals surface area contributed by atoms with E-state index in [4.69, 9.17) is 4.74 Å². The van der Waals surface area contributed by atoms with Crippen LogP contribution < -0.4 is 10.1 Å². The van der Waals surface area contributed by atoms with Gasteiger partial charge in [-0.05, 0) is 31.9 Å². The fourth-order valence-electron chi connectivity index (χ4n) is 2.36. The van der Waals surface area contributed by atoms with E-state index in [2.05, 4.69) is 5.32 Å². The van der Waals surface area contributed by atoms with Gasteiger partial charge in [0, 0.05) is 11.8 Å². The minimum absolute atomic E-state index is 0.0242. The molecule has 1 aromatic carbocycles. The minimum Gasteiger partial charge on any atom is -0.491 e. The van der Waals surface area contributed by atoms with E-state index in [0.29, 0.717) is 12.3 Å². The average Bonchev–Trinajstić information content (AvgIpc) is 2.36. The van der Waals surface area contributed by atoms with Gasteiger partial charge in [-0.15, -0.1) is 0 Å². The molecule has 0 aliphatic heterocycles. The standard InChI is InChI=1S/C14H20FNO2/c1-2-18-14-8-7-10(9-11(14)15)16-12-5-3-4-6-13(12)17/h7-9,12-13,16-17H,2-6H2,1H3/t12-,13-/m1/s1. The first-order chi connectivity index (χ1) is 8.70. The van der Waals surface area contributed by atoms with Crippen LogP contribution in [0.1, 0.15) is 32.6 Å². The molecule has 0 spiro atoms. The number of ether oxygens (including phenoxy) is 1. The van der Waals surface area contributed by atoms with E-state index in [9.17, 15) is 9.50 Å². The minimum atomic E-state index is -0.368. The molecule has 3 nitrogen and oxygen atoms in total. The summed E-state index contributed by atoms with van der Waals surface area (Å²) in [5.41, 5.74) is 0.696. The van der Waals surface area contributed by atoms with Crippen molar-refractivity contribution in [3.8, 4) is 5.75 Å². The fourth-order valence-corrected chi connectivity index (χ4v) is 2.36. The van der Waals surface area contributed by atoms with Crippen LogP contribution in [0.25, 0.3) is 0 Å². The second kappa shape index (κ2) is 6.05. The molecule has 100 valence electrons. The van der Waals surface area contributed by atoms with Crippen LogP contribution in [0.2, 0.25) is 0 Å². The van der Waals surface area contributed by atoms with Gasteiger partial charge in [0.05, 0.1) is 18.8 Å². The van der Waals surface area contributed by atoms with E-state index < -0.39 is 0 Å². The van der Waals surface area contributed by atoms with Crippen molar-refractivity contribution in [1.29, 1.82) is 0 Å². The van der Waals surface area contributed by atoms with Gasteiger partial charge in [0.25, 0.3) is 0 Å². The lowest BCUT2D eigenvalue weighted by Crippen LogP contribution is -2.36.